The summed E-state index contributed by atoms with van der Waals surface area (Å²) >= 11 is 0. The Bertz CT molecular complexity index is 30.7. The van der Waals surface area contributed by atoms with Gasteiger partial charge in [0.1, 0.15) is 6.23 Å². The average Bonchev–Trinajstić information content (AvgIpc) is 1.35. The van der Waals surface area contributed by atoms with Crippen molar-refractivity contribution >= 4 is 0 Å². The third-order valence-electron chi connectivity index (χ3n) is 0.273. The molecule has 1 unspecified atom stereocenters. The molecular weight excluding hydrogens is 84.0 g/mol. The van der Waals surface area contributed by atoms with Crippen LogP contribution in [-0.4, -0.2) is 16.5 Å². The number of hydrogen-bond donors (Lipinski definition) is 4. The predicted octanol–water partition coefficient (Wildman–Crippen LogP) is -1.19. The minimum absolute atomic E-state index is 0.713. The quantitative estimate of drug-likeness (QED) is 0.255. The minimum Gasteiger partial charge on any atom is -0.378 e. The lowest BCUT2D eigenvalue weighted by molar-refractivity contribution is 0.0377. The van der Waals surface area contributed by atoms with Gasteiger partial charge in [0.2, 0.25) is 0 Å². The van der Waals surface area contributed by atoms with Crippen LogP contribution in [0.25, 0.3) is 0 Å². The largest absolute Gasteiger partial charge is 0.378 e. The number of hydrazine groups is 1. The highest BCUT2D eigenvalue weighted by molar-refractivity contribution is 4.25. The molecule has 0 aromatic carbocycles. The standard InChI is InChI=1S/C2H8N2O2/c1-2(5)3-4-6/h2-6H,1H3. The summed E-state index contributed by atoms with van der Waals surface area (Å²) in [5.74, 6) is 0. The Kier molecular flexibility index (Phi) is 2.97. The molecular formula is C2H8N2O2. The zero-order valence-electron chi connectivity index (χ0n) is 3.47. The van der Waals surface area contributed by atoms with Gasteiger partial charge in [-0.2, -0.15) is 0 Å². The summed E-state index contributed by atoms with van der Waals surface area (Å²) in [6, 6.07) is 0. The fraction of sp³-hybridized carbons (Fsp3) is 1.00. The van der Waals surface area contributed by atoms with Gasteiger partial charge in [-0.25, -0.2) is 5.43 Å². The molecule has 38 valence electrons. The van der Waals surface area contributed by atoms with Crippen LogP contribution in [0.3, 0.4) is 0 Å². The van der Waals surface area contributed by atoms with E-state index in [1.807, 2.05) is 0 Å². The van der Waals surface area contributed by atoms with E-state index in [-0.39, 0.29) is 0 Å². The molecule has 1 atom stereocenters. The first-order valence-corrected chi connectivity index (χ1v) is 1.60. The van der Waals surface area contributed by atoms with Crippen molar-refractivity contribution in [2.75, 3.05) is 0 Å². The second kappa shape index (κ2) is 3.05. The summed E-state index contributed by atoms with van der Waals surface area (Å²) in [7, 11) is 0. The lowest BCUT2D eigenvalue weighted by Crippen LogP contribution is -2.36. The van der Waals surface area contributed by atoms with Crippen molar-refractivity contribution in [2.24, 2.45) is 0 Å². The third kappa shape index (κ3) is 3.84. The molecule has 0 amide bonds. The van der Waals surface area contributed by atoms with Gasteiger partial charge >= 0.3 is 0 Å². The molecule has 4 nitrogen and oxygen atoms in total. The molecule has 0 heterocycles. The van der Waals surface area contributed by atoms with Crippen LogP contribution in [0.2, 0.25) is 0 Å². The highest BCUT2D eigenvalue weighted by atomic mass is 16.5. The van der Waals surface area contributed by atoms with Gasteiger partial charge in [0.15, 0.2) is 0 Å². The van der Waals surface area contributed by atoms with Crippen LogP contribution in [0.1, 0.15) is 6.92 Å². The van der Waals surface area contributed by atoms with Crippen molar-refractivity contribution in [1.29, 1.82) is 0 Å². The Hall–Kier alpha value is -0.160. The maximum absolute atomic E-state index is 8.22. The molecule has 0 bridgehead atoms. The summed E-state index contributed by atoms with van der Waals surface area (Å²) in [6.07, 6.45) is -0.713. The van der Waals surface area contributed by atoms with E-state index in [9.17, 15) is 0 Å². The van der Waals surface area contributed by atoms with E-state index in [1.54, 1.807) is 5.59 Å². The lowest BCUT2D eigenvalue weighted by Gasteiger charge is -2.00. The Labute approximate surface area is 35.7 Å². The highest BCUT2D eigenvalue weighted by Crippen LogP contribution is 1.59. The van der Waals surface area contributed by atoms with Gasteiger partial charge < -0.3 is 10.3 Å². The van der Waals surface area contributed by atoms with Gasteiger partial charge in [0, 0.05) is 0 Å². The fourth-order valence-corrected chi connectivity index (χ4v) is 0.0934. The number of hydrogen-bond acceptors (Lipinski definition) is 4. The lowest BCUT2D eigenvalue weighted by atomic mass is 10.7. The molecule has 0 radical (unpaired) electrons. The Balaban J connectivity index is 2.63. The van der Waals surface area contributed by atoms with E-state index >= 15 is 0 Å². The minimum atomic E-state index is -0.713. The summed E-state index contributed by atoms with van der Waals surface area (Å²) in [5, 5.41) is 15.9. The Morgan fingerprint density at radius 3 is 2.17 bits per heavy atom. The van der Waals surface area contributed by atoms with Gasteiger partial charge in [-0.1, -0.05) is 0 Å². The van der Waals surface area contributed by atoms with Crippen molar-refractivity contribution in [1.82, 2.24) is 11.0 Å². The van der Waals surface area contributed by atoms with Crippen LogP contribution in [-0.2, 0) is 0 Å². The monoisotopic (exact) mass is 92.1 g/mol. The van der Waals surface area contributed by atoms with Crippen molar-refractivity contribution in [3.05, 3.63) is 0 Å². The molecule has 6 heavy (non-hydrogen) atoms. The highest BCUT2D eigenvalue weighted by Gasteiger charge is 1.84. The molecule has 0 rings (SSSR count). The van der Waals surface area contributed by atoms with Gasteiger partial charge in [-0.15, -0.1) is 5.59 Å². The van der Waals surface area contributed by atoms with E-state index in [2.05, 4.69) is 5.43 Å². The Morgan fingerprint density at radius 2 is 2.17 bits per heavy atom. The van der Waals surface area contributed by atoms with Gasteiger partial charge in [0.05, 0.1) is 0 Å². The molecule has 0 aliphatic heterocycles. The van der Waals surface area contributed by atoms with Gasteiger partial charge in [-0.3, -0.25) is 0 Å². The van der Waals surface area contributed by atoms with Crippen LogP contribution < -0.4 is 11.0 Å². The number of aliphatic hydroxyl groups is 1. The fourth-order valence-electron chi connectivity index (χ4n) is 0.0934. The second-order valence-electron chi connectivity index (χ2n) is 0.932. The summed E-state index contributed by atoms with van der Waals surface area (Å²) in [6.45, 7) is 1.48. The molecule has 0 aliphatic rings. The van der Waals surface area contributed by atoms with E-state index in [1.165, 1.54) is 6.92 Å². The van der Waals surface area contributed by atoms with Gasteiger partial charge in [0.25, 0.3) is 0 Å². The van der Waals surface area contributed by atoms with Crippen LogP contribution in [0.5, 0.6) is 0 Å². The number of nitrogens with one attached hydrogen (secondary N) is 2. The predicted molar refractivity (Wildman–Crippen MR) is 19.7 cm³/mol. The maximum atomic E-state index is 8.22. The SMILES string of the molecule is CC(O)NNO. The van der Waals surface area contributed by atoms with E-state index in [4.69, 9.17) is 10.3 Å². The van der Waals surface area contributed by atoms with E-state index in [0.717, 1.165) is 0 Å². The molecule has 0 spiro atoms. The molecule has 0 aromatic rings. The zero-order valence-corrected chi connectivity index (χ0v) is 3.47. The van der Waals surface area contributed by atoms with Crippen LogP contribution in [0.4, 0.5) is 0 Å². The Morgan fingerprint density at radius 1 is 1.67 bits per heavy atom. The molecule has 0 fully saturated rings. The van der Waals surface area contributed by atoms with Crippen LogP contribution in [0, 0.1) is 0 Å². The average molecular weight is 92.1 g/mol. The molecule has 4 N–H and O–H groups in total. The second-order valence-corrected chi connectivity index (χ2v) is 0.932. The first-order valence-electron chi connectivity index (χ1n) is 1.60. The molecule has 0 saturated heterocycles. The first kappa shape index (κ1) is 5.84. The van der Waals surface area contributed by atoms with Crippen molar-refractivity contribution in [3.8, 4) is 0 Å². The maximum Gasteiger partial charge on any atom is 0.116 e. The van der Waals surface area contributed by atoms with Crippen molar-refractivity contribution < 1.29 is 10.3 Å². The summed E-state index contributed by atoms with van der Waals surface area (Å²) < 4.78 is 0. The van der Waals surface area contributed by atoms with Crippen molar-refractivity contribution in [2.45, 2.75) is 13.2 Å². The molecule has 0 aliphatic carbocycles. The topological polar surface area (TPSA) is 64.5 Å². The zero-order chi connectivity index (χ0) is 4.99. The number of rotatable bonds is 2. The summed E-state index contributed by atoms with van der Waals surface area (Å²) in [4.78, 5) is 0. The van der Waals surface area contributed by atoms with Crippen molar-refractivity contribution in [3.63, 3.8) is 0 Å². The van der Waals surface area contributed by atoms with Gasteiger partial charge in [-0.05, 0) is 6.92 Å². The van der Waals surface area contributed by atoms with E-state index in [0.29, 0.717) is 0 Å². The normalized spacial score (nSPS) is 14.5. The molecule has 0 aromatic heterocycles. The van der Waals surface area contributed by atoms with Crippen LogP contribution >= 0.6 is 0 Å². The molecule has 4 heteroatoms. The summed E-state index contributed by atoms with van der Waals surface area (Å²) in [5.41, 5.74) is 3.64. The smallest absolute Gasteiger partial charge is 0.116 e. The first-order chi connectivity index (χ1) is 2.77. The number of aliphatic hydroxyl groups excluding tert-OH is 1. The van der Waals surface area contributed by atoms with Crippen LogP contribution in [0.15, 0.2) is 0 Å². The molecule has 0 saturated carbocycles. The third-order valence-corrected chi connectivity index (χ3v) is 0.273. The van der Waals surface area contributed by atoms with E-state index < -0.39 is 6.23 Å².